The lowest BCUT2D eigenvalue weighted by Crippen LogP contribution is -2.39. The molecule has 98 valence electrons. The molecule has 0 saturated carbocycles. The van der Waals surface area contributed by atoms with Crippen molar-refractivity contribution < 1.29 is 0 Å². The largest absolute Gasteiger partial charge is 0.370 e. The Morgan fingerprint density at radius 3 is 2.56 bits per heavy atom. The quantitative estimate of drug-likeness (QED) is 0.438. The summed E-state index contributed by atoms with van der Waals surface area (Å²) in [5.41, 5.74) is 7.15. The number of guanidine groups is 2. The fraction of sp³-hybridized carbons (Fsp3) is 0.333. The number of hydrogen-bond donors (Lipinski definition) is 5. The summed E-state index contributed by atoms with van der Waals surface area (Å²) in [6.45, 7) is 4.35. The van der Waals surface area contributed by atoms with Crippen LogP contribution in [0.15, 0.2) is 22.7 Å². The SMILES string of the molecule is CC(C)Cc1ccc(NC(=N)NC(=N)N)c(Br)c1. The van der Waals surface area contributed by atoms with Gasteiger partial charge in [-0.3, -0.25) is 16.1 Å². The Morgan fingerprint density at radius 2 is 2.06 bits per heavy atom. The minimum atomic E-state index is -0.264. The number of hydrogen-bond acceptors (Lipinski definition) is 2. The van der Waals surface area contributed by atoms with Gasteiger partial charge in [0.2, 0.25) is 0 Å². The fourth-order valence-electron chi connectivity index (χ4n) is 1.56. The van der Waals surface area contributed by atoms with E-state index in [0.29, 0.717) is 5.92 Å². The fourth-order valence-corrected chi connectivity index (χ4v) is 2.08. The van der Waals surface area contributed by atoms with E-state index in [1.807, 2.05) is 18.2 Å². The van der Waals surface area contributed by atoms with Crippen LogP contribution in [0.5, 0.6) is 0 Å². The van der Waals surface area contributed by atoms with Crippen LogP contribution in [0.25, 0.3) is 0 Å². The molecule has 0 fully saturated rings. The molecule has 0 bridgehead atoms. The van der Waals surface area contributed by atoms with Crippen molar-refractivity contribution in [2.45, 2.75) is 20.3 Å². The second kappa shape index (κ2) is 6.39. The van der Waals surface area contributed by atoms with Gasteiger partial charge in [0.1, 0.15) is 0 Å². The summed E-state index contributed by atoms with van der Waals surface area (Å²) < 4.78 is 0.885. The maximum atomic E-state index is 7.56. The van der Waals surface area contributed by atoms with Crippen LogP contribution in [0.2, 0.25) is 0 Å². The monoisotopic (exact) mass is 311 g/mol. The van der Waals surface area contributed by atoms with Crippen molar-refractivity contribution in [1.29, 1.82) is 10.8 Å². The van der Waals surface area contributed by atoms with Crippen molar-refractivity contribution in [3.8, 4) is 0 Å². The van der Waals surface area contributed by atoms with Gasteiger partial charge in [-0.05, 0) is 46.0 Å². The Bertz CT molecular complexity index is 456. The predicted molar refractivity (Wildman–Crippen MR) is 79.1 cm³/mol. The lowest BCUT2D eigenvalue weighted by atomic mass is 10.0. The van der Waals surface area contributed by atoms with E-state index in [4.69, 9.17) is 16.6 Å². The third-order valence-corrected chi connectivity index (χ3v) is 2.85. The second-order valence-electron chi connectivity index (χ2n) is 4.45. The standard InChI is InChI=1S/C12H18BrN5/c1-7(2)5-8-3-4-10(9(13)6-8)17-12(16)18-11(14)15/h3-4,6-7H,5H2,1-2H3,(H6,14,15,16,17,18). The zero-order valence-electron chi connectivity index (χ0n) is 10.5. The van der Waals surface area contributed by atoms with Gasteiger partial charge in [-0.1, -0.05) is 19.9 Å². The van der Waals surface area contributed by atoms with Gasteiger partial charge in [0.05, 0.1) is 5.69 Å². The molecule has 0 aliphatic carbocycles. The molecule has 0 spiro atoms. The molecule has 0 aliphatic heterocycles. The van der Waals surface area contributed by atoms with Crippen molar-refractivity contribution in [1.82, 2.24) is 5.32 Å². The minimum Gasteiger partial charge on any atom is -0.370 e. The van der Waals surface area contributed by atoms with E-state index >= 15 is 0 Å². The molecule has 0 atom stereocenters. The first-order chi connectivity index (χ1) is 8.38. The molecule has 0 radical (unpaired) electrons. The predicted octanol–water partition coefficient (Wildman–Crippen LogP) is 2.48. The first kappa shape index (κ1) is 14.5. The molecule has 6 heteroatoms. The van der Waals surface area contributed by atoms with E-state index < -0.39 is 0 Å². The van der Waals surface area contributed by atoms with Crippen molar-refractivity contribution >= 4 is 33.5 Å². The first-order valence-corrected chi connectivity index (χ1v) is 6.43. The van der Waals surface area contributed by atoms with Gasteiger partial charge in [-0.2, -0.15) is 0 Å². The summed E-state index contributed by atoms with van der Waals surface area (Å²) in [6.07, 6.45) is 1.02. The average Bonchev–Trinajstić information content (AvgIpc) is 2.20. The smallest absolute Gasteiger partial charge is 0.199 e. The highest BCUT2D eigenvalue weighted by molar-refractivity contribution is 9.10. The number of halogens is 1. The minimum absolute atomic E-state index is 0.0280. The summed E-state index contributed by atoms with van der Waals surface area (Å²) >= 11 is 3.46. The summed E-state index contributed by atoms with van der Waals surface area (Å²) in [4.78, 5) is 0. The average molecular weight is 312 g/mol. The maximum absolute atomic E-state index is 7.56. The summed E-state index contributed by atoms with van der Waals surface area (Å²) in [5, 5.41) is 19.8. The van der Waals surface area contributed by atoms with Crippen molar-refractivity contribution in [2.75, 3.05) is 5.32 Å². The highest BCUT2D eigenvalue weighted by Gasteiger charge is 2.05. The lowest BCUT2D eigenvalue weighted by molar-refractivity contribution is 0.647. The van der Waals surface area contributed by atoms with Gasteiger partial charge < -0.3 is 11.1 Å². The number of anilines is 1. The zero-order valence-corrected chi connectivity index (χ0v) is 12.1. The number of nitrogens with two attached hydrogens (primary N) is 1. The number of rotatable bonds is 3. The van der Waals surface area contributed by atoms with Crippen molar-refractivity contribution in [3.05, 3.63) is 28.2 Å². The Labute approximate surface area is 115 Å². The Hall–Kier alpha value is -1.56. The number of benzene rings is 1. The van der Waals surface area contributed by atoms with Crippen LogP contribution in [-0.2, 0) is 6.42 Å². The molecule has 0 amide bonds. The molecule has 0 aliphatic rings. The maximum Gasteiger partial charge on any atom is 0.199 e. The van der Waals surface area contributed by atoms with E-state index in [1.165, 1.54) is 5.56 Å². The van der Waals surface area contributed by atoms with Crippen molar-refractivity contribution in [2.24, 2.45) is 11.7 Å². The zero-order chi connectivity index (χ0) is 13.7. The van der Waals surface area contributed by atoms with Gasteiger partial charge >= 0.3 is 0 Å². The molecule has 1 rings (SSSR count). The summed E-state index contributed by atoms with van der Waals surface area (Å²) in [7, 11) is 0. The van der Waals surface area contributed by atoms with Crippen LogP contribution in [0, 0.1) is 16.7 Å². The Morgan fingerprint density at radius 1 is 1.39 bits per heavy atom. The Balaban J connectivity index is 2.73. The van der Waals surface area contributed by atoms with Crippen LogP contribution < -0.4 is 16.4 Å². The highest BCUT2D eigenvalue weighted by atomic mass is 79.9. The van der Waals surface area contributed by atoms with Crippen LogP contribution >= 0.6 is 15.9 Å². The number of nitrogens with one attached hydrogen (secondary N) is 4. The third kappa shape index (κ3) is 4.75. The van der Waals surface area contributed by atoms with E-state index in [2.05, 4.69) is 40.4 Å². The van der Waals surface area contributed by atoms with E-state index in [9.17, 15) is 0 Å². The van der Waals surface area contributed by atoms with Crippen LogP contribution in [0.1, 0.15) is 19.4 Å². The molecular weight excluding hydrogens is 294 g/mol. The van der Waals surface area contributed by atoms with Gasteiger partial charge in [0.25, 0.3) is 0 Å². The van der Waals surface area contributed by atoms with Crippen molar-refractivity contribution in [3.63, 3.8) is 0 Å². The highest BCUT2D eigenvalue weighted by Crippen LogP contribution is 2.24. The molecular formula is C12H18BrN5. The van der Waals surface area contributed by atoms with E-state index in [-0.39, 0.29) is 11.9 Å². The van der Waals surface area contributed by atoms with Gasteiger partial charge in [-0.15, -0.1) is 0 Å². The molecule has 1 aromatic rings. The molecule has 0 heterocycles. The molecule has 0 saturated heterocycles. The summed E-state index contributed by atoms with van der Waals surface area (Å²) in [6, 6.07) is 5.95. The Kier molecular flexibility index (Phi) is 5.15. The normalized spacial score (nSPS) is 10.2. The topological polar surface area (TPSA) is 97.8 Å². The third-order valence-electron chi connectivity index (χ3n) is 2.20. The molecule has 0 unspecified atom stereocenters. The van der Waals surface area contributed by atoms with Crippen LogP contribution in [0.3, 0.4) is 0 Å². The summed E-state index contributed by atoms with van der Waals surface area (Å²) in [5.74, 6) is 0.313. The molecule has 0 aromatic heterocycles. The molecule has 1 aromatic carbocycles. The van der Waals surface area contributed by atoms with Gasteiger partial charge in [-0.25, -0.2) is 0 Å². The van der Waals surface area contributed by atoms with Crippen LogP contribution in [0.4, 0.5) is 5.69 Å². The van der Waals surface area contributed by atoms with E-state index in [1.54, 1.807) is 0 Å². The molecule has 6 N–H and O–H groups in total. The van der Waals surface area contributed by atoms with Crippen LogP contribution in [-0.4, -0.2) is 11.9 Å². The lowest BCUT2D eigenvalue weighted by Gasteiger charge is -2.12. The van der Waals surface area contributed by atoms with Gasteiger partial charge in [0.15, 0.2) is 11.9 Å². The van der Waals surface area contributed by atoms with Gasteiger partial charge in [0, 0.05) is 4.47 Å². The molecule has 5 nitrogen and oxygen atoms in total. The molecule has 18 heavy (non-hydrogen) atoms. The first-order valence-electron chi connectivity index (χ1n) is 5.63. The second-order valence-corrected chi connectivity index (χ2v) is 5.31. The van der Waals surface area contributed by atoms with E-state index in [0.717, 1.165) is 16.6 Å².